The first-order valence-corrected chi connectivity index (χ1v) is 7.87. The van der Waals surface area contributed by atoms with Crippen LogP contribution in [0.2, 0.25) is 0 Å². The summed E-state index contributed by atoms with van der Waals surface area (Å²) < 4.78 is 1.80. The van der Waals surface area contributed by atoms with Crippen LogP contribution in [0.1, 0.15) is 29.5 Å². The van der Waals surface area contributed by atoms with Crippen LogP contribution in [0.25, 0.3) is 22.2 Å². The summed E-state index contributed by atoms with van der Waals surface area (Å²) >= 11 is 0. The first kappa shape index (κ1) is 15.9. The maximum Gasteiger partial charge on any atom is 0.273 e. The molecule has 124 valence electrons. The molecule has 0 saturated heterocycles. The van der Waals surface area contributed by atoms with Gasteiger partial charge >= 0.3 is 0 Å². The van der Waals surface area contributed by atoms with E-state index in [1.54, 1.807) is 4.68 Å². The van der Waals surface area contributed by atoms with E-state index in [0.29, 0.717) is 23.1 Å². The second-order valence-corrected chi connectivity index (χ2v) is 5.71. The quantitative estimate of drug-likeness (QED) is 0.765. The summed E-state index contributed by atoms with van der Waals surface area (Å²) in [4.78, 5) is 12.2. The molecule has 0 unspecified atom stereocenters. The van der Waals surface area contributed by atoms with E-state index in [1.165, 1.54) is 0 Å². The van der Waals surface area contributed by atoms with Gasteiger partial charge in [0.1, 0.15) is 5.52 Å². The van der Waals surface area contributed by atoms with Crippen molar-refractivity contribution < 1.29 is 4.79 Å². The van der Waals surface area contributed by atoms with Crippen molar-refractivity contribution in [2.24, 2.45) is 7.05 Å². The predicted molar refractivity (Wildman–Crippen MR) is 93.5 cm³/mol. The molecule has 0 bridgehead atoms. The van der Waals surface area contributed by atoms with Crippen molar-refractivity contribution in [3.05, 3.63) is 35.7 Å². The number of carbonyl (C=O) groups excluding carboxylic acids is 1. The largest absolute Gasteiger partial charge is 0.396 e. The van der Waals surface area contributed by atoms with Gasteiger partial charge in [-0.05, 0) is 19.4 Å². The second kappa shape index (κ2) is 6.27. The summed E-state index contributed by atoms with van der Waals surface area (Å²) in [6.45, 7) is 4.50. The highest BCUT2D eigenvalue weighted by Crippen LogP contribution is 2.30. The van der Waals surface area contributed by atoms with Gasteiger partial charge in [0.05, 0.1) is 17.1 Å². The van der Waals surface area contributed by atoms with Crippen molar-refractivity contribution >= 4 is 22.5 Å². The molecule has 0 aliphatic rings. The second-order valence-electron chi connectivity index (χ2n) is 5.71. The number of hydrogen-bond donors (Lipinski definition) is 2. The summed E-state index contributed by atoms with van der Waals surface area (Å²) in [6, 6.07) is 7.67. The molecule has 0 spiro atoms. The lowest BCUT2D eigenvalue weighted by molar-refractivity contribution is 0.0949. The van der Waals surface area contributed by atoms with Crippen LogP contribution in [-0.4, -0.2) is 32.4 Å². The van der Waals surface area contributed by atoms with E-state index < -0.39 is 0 Å². The minimum Gasteiger partial charge on any atom is -0.396 e. The fourth-order valence-electron chi connectivity index (χ4n) is 2.71. The zero-order valence-corrected chi connectivity index (χ0v) is 14.0. The molecule has 0 saturated carbocycles. The third kappa shape index (κ3) is 2.68. The Morgan fingerprint density at radius 3 is 2.79 bits per heavy atom. The highest BCUT2D eigenvalue weighted by molar-refractivity contribution is 6.07. The summed E-state index contributed by atoms with van der Waals surface area (Å²) in [7, 11) is 1.88. The number of nitrogens with zero attached hydrogens (tertiary/aromatic N) is 4. The smallest absolute Gasteiger partial charge is 0.273 e. The molecule has 7 nitrogen and oxygen atoms in total. The van der Waals surface area contributed by atoms with Crippen molar-refractivity contribution in [1.82, 2.24) is 25.3 Å². The number of nitrogen functional groups attached to an aromatic ring is 1. The standard InChI is InChI=1S/C17H20N6O/c1-4-8-19-17(24)16-14(18)12-7-5-6-11(15(12)20-21-16)13-9-10(2)22-23(13)3/h5-7,9H,4,8H2,1-3H3,(H2,18,20)(H,19,24). The Bertz CT molecular complexity index is 915. The van der Waals surface area contributed by atoms with Crippen molar-refractivity contribution in [1.29, 1.82) is 0 Å². The highest BCUT2D eigenvalue weighted by Gasteiger charge is 2.18. The number of anilines is 1. The van der Waals surface area contributed by atoms with Crippen molar-refractivity contribution in [3.63, 3.8) is 0 Å². The molecule has 0 aliphatic heterocycles. The molecule has 7 heteroatoms. The van der Waals surface area contributed by atoms with Gasteiger partial charge in [-0.3, -0.25) is 9.48 Å². The van der Waals surface area contributed by atoms with Crippen LogP contribution >= 0.6 is 0 Å². The van der Waals surface area contributed by atoms with E-state index in [-0.39, 0.29) is 11.6 Å². The maximum absolute atomic E-state index is 12.2. The Morgan fingerprint density at radius 2 is 2.12 bits per heavy atom. The number of aromatic nitrogens is 4. The topological polar surface area (TPSA) is 98.7 Å². The Labute approximate surface area is 139 Å². The number of carbonyl (C=O) groups is 1. The summed E-state index contributed by atoms with van der Waals surface area (Å²) in [5, 5.41) is 16.2. The molecule has 2 heterocycles. The van der Waals surface area contributed by atoms with Crippen LogP contribution in [0.15, 0.2) is 24.3 Å². The molecule has 1 amide bonds. The maximum atomic E-state index is 12.2. The molecule has 0 aliphatic carbocycles. The lowest BCUT2D eigenvalue weighted by atomic mass is 10.0. The Morgan fingerprint density at radius 1 is 1.33 bits per heavy atom. The average molecular weight is 324 g/mol. The highest BCUT2D eigenvalue weighted by atomic mass is 16.1. The fraction of sp³-hybridized carbons (Fsp3) is 0.294. The molecule has 3 N–H and O–H groups in total. The van der Waals surface area contributed by atoms with Gasteiger partial charge in [-0.1, -0.05) is 25.1 Å². The van der Waals surface area contributed by atoms with E-state index in [9.17, 15) is 4.79 Å². The number of amides is 1. The number of aryl methyl sites for hydroxylation is 2. The van der Waals surface area contributed by atoms with E-state index >= 15 is 0 Å². The van der Waals surface area contributed by atoms with Crippen molar-refractivity contribution in [3.8, 4) is 11.3 Å². The van der Waals surface area contributed by atoms with Gasteiger partial charge in [-0.2, -0.15) is 5.10 Å². The van der Waals surface area contributed by atoms with Crippen molar-refractivity contribution in [2.45, 2.75) is 20.3 Å². The first-order chi connectivity index (χ1) is 11.5. The zero-order chi connectivity index (χ0) is 17.3. The molecular formula is C17H20N6O. The van der Waals surface area contributed by atoms with Gasteiger partial charge in [-0.25, -0.2) is 0 Å². The van der Waals surface area contributed by atoms with Gasteiger partial charge in [0.25, 0.3) is 5.91 Å². The van der Waals surface area contributed by atoms with Gasteiger partial charge in [0.15, 0.2) is 5.69 Å². The first-order valence-electron chi connectivity index (χ1n) is 7.87. The van der Waals surface area contributed by atoms with Crippen LogP contribution in [0.3, 0.4) is 0 Å². The lowest BCUT2D eigenvalue weighted by Crippen LogP contribution is -2.26. The van der Waals surface area contributed by atoms with E-state index in [2.05, 4.69) is 20.6 Å². The average Bonchev–Trinajstić information content (AvgIpc) is 2.91. The summed E-state index contributed by atoms with van der Waals surface area (Å²) in [6.07, 6.45) is 0.844. The molecule has 2 aromatic heterocycles. The van der Waals surface area contributed by atoms with Gasteiger partial charge in [-0.15, -0.1) is 10.2 Å². The summed E-state index contributed by atoms with van der Waals surface area (Å²) in [5.74, 6) is -0.300. The Kier molecular flexibility index (Phi) is 4.16. The van der Waals surface area contributed by atoms with Gasteiger partial charge in [0, 0.05) is 24.5 Å². The molecule has 0 radical (unpaired) electrons. The molecular weight excluding hydrogens is 304 g/mol. The zero-order valence-electron chi connectivity index (χ0n) is 14.0. The van der Waals surface area contributed by atoms with Crippen LogP contribution in [0, 0.1) is 6.92 Å². The lowest BCUT2D eigenvalue weighted by Gasteiger charge is -2.10. The van der Waals surface area contributed by atoms with Crippen LogP contribution in [0.4, 0.5) is 5.69 Å². The number of fused-ring (bicyclic) bond motifs is 1. The number of rotatable bonds is 4. The van der Waals surface area contributed by atoms with Gasteiger partial charge < -0.3 is 11.1 Å². The third-order valence-corrected chi connectivity index (χ3v) is 3.86. The molecule has 0 atom stereocenters. The molecule has 0 fully saturated rings. The molecule has 3 aromatic rings. The number of hydrogen-bond acceptors (Lipinski definition) is 5. The number of nitrogens with two attached hydrogens (primary N) is 1. The minimum absolute atomic E-state index is 0.161. The summed E-state index contributed by atoms with van der Waals surface area (Å²) in [5.41, 5.74) is 10.1. The van der Waals surface area contributed by atoms with E-state index in [0.717, 1.165) is 23.4 Å². The van der Waals surface area contributed by atoms with Crippen LogP contribution in [-0.2, 0) is 7.05 Å². The minimum atomic E-state index is -0.300. The molecule has 24 heavy (non-hydrogen) atoms. The SMILES string of the molecule is CCCNC(=O)c1nnc2c(-c3cc(C)nn3C)cccc2c1N. The fourth-order valence-corrected chi connectivity index (χ4v) is 2.71. The monoisotopic (exact) mass is 324 g/mol. The van der Waals surface area contributed by atoms with Crippen LogP contribution < -0.4 is 11.1 Å². The van der Waals surface area contributed by atoms with Crippen molar-refractivity contribution in [2.75, 3.05) is 12.3 Å². The van der Waals surface area contributed by atoms with Crippen LogP contribution in [0.5, 0.6) is 0 Å². The number of nitrogens with one attached hydrogen (secondary N) is 1. The Balaban J connectivity index is 2.14. The normalized spacial score (nSPS) is 11.0. The molecule has 3 rings (SSSR count). The predicted octanol–water partition coefficient (Wildman–Crippen LogP) is 2.06. The molecule has 1 aromatic carbocycles. The Hall–Kier alpha value is -2.96. The van der Waals surface area contributed by atoms with E-state index in [1.807, 2.05) is 45.2 Å². The van der Waals surface area contributed by atoms with Gasteiger partial charge in [0.2, 0.25) is 0 Å². The third-order valence-electron chi connectivity index (χ3n) is 3.86. The number of benzene rings is 1. The van der Waals surface area contributed by atoms with E-state index in [4.69, 9.17) is 5.73 Å².